The van der Waals surface area contributed by atoms with Gasteiger partial charge in [-0.1, -0.05) is 26.0 Å². The third-order valence-electron chi connectivity index (χ3n) is 4.67. The Kier molecular flexibility index (Phi) is 5.82. The zero-order valence-corrected chi connectivity index (χ0v) is 16.4. The van der Waals surface area contributed by atoms with Gasteiger partial charge in [0.05, 0.1) is 11.5 Å². The minimum atomic E-state index is -3.46. The van der Waals surface area contributed by atoms with Gasteiger partial charge in [0.25, 0.3) is 5.91 Å². The van der Waals surface area contributed by atoms with Gasteiger partial charge in [0, 0.05) is 31.6 Å². The number of sulfonamides is 1. The summed E-state index contributed by atoms with van der Waals surface area (Å²) in [7, 11) is -3.46. The summed E-state index contributed by atoms with van der Waals surface area (Å²) in [6, 6.07) is 12.1. The van der Waals surface area contributed by atoms with Crippen molar-refractivity contribution in [1.82, 2.24) is 9.62 Å². The first-order chi connectivity index (χ1) is 13.0. The van der Waals surface area contributed by atoms with Crippen molar-refractivity contribution in [1.29, 1.82) is 0 Å². The summed E-state index contributed by atoms with van der Waals surface area (Å²) in [5.41, 5.74) is 2.49. The Morgan fingerprint density at radius 2 is 1.81 bits per heavy atom. The molecule has 1 N–H and O–H groups in total. The summed E-state index contributed by atoms with van der Waals surface area (Å²) in [6.07, 6.45) is 0.818. The summed E-state index contributed by atoms with van der Waals surface area (Å²) < 4.78 is 31.9. The number of ether oxygens (including phenoxy) is 1. The number of nitrogens with zero attached hydrogens (tertiary/aromatic N) is 1. The molecule has 0 unspecified atom stereocenters. The van der Waals surface area contributed by atoms with Crippen LogP contribution in [-0.2, 0) is 23.0 Å². The van der Waals surface area contributed by atoms with Gasteiger partial charge in [0.15, 0.2) is 0 Å². The van der Waals surface area contributed by atoms with Crippen molar-refractivity contribution in [3.8, 4) is 5.75 Å². The number of fused-ring (bicyclic) bond motifs is 1. The highest BCUT2D eigenvalue weighted by Gasteiger charge is 2.21. The maximum atomic E-state index is 12.5. The zero-order valence-electron chi connectivity index (χ0n) is 15.6. The number of hydrogen-bond donors (Lipinski definition) is 1. The molecule has 0 radical (unpaired) electrons. The first kappa shape index (κ1) is 19.4. The van der Waals surface area contributed by atoms with Crippen LogP contribution in [0, 0.1) is 0 Å². The minimum Gasteiger partial charge on any atom is -0.493 e. The van der Waals surface area contributed by atoms with Crippen molar-refractivity contribution >= 4 is 15.9 Å². The highest BCUT2D eigenvalue weighted by molar-refractivity contribution is 7.89. The molecule has 6 nitrogen and oxygen atoms in total. The maximum Gasteiger partial charge on any atom is 0.251 e. The minimum absolute atomic E-state index is 0.162. The molecule has 0 saturated heterocycles. The number of carbonyl (C=O) groups excluding carboxylic acids is 1. The smallest absolute Gasteiger partial charge is 0.251 e. The fourth-order valence-electron chi connectivity index (χ4n) is 3.10. The number of amides is 1. The standard InChI is InChI=1S/C20H24N2O4S/c1-3-22(4-2)27(24,25)18-8-5-15(6-9-18)14-21-20(23)17-7-10-19-16(13-17)11-12-26-19/h5-10,13H,3-4,11-12,14H2,1-2H3,(H,21,23). The predicted octanol–water partition coefficient (Wildman–Crippen LogP) is 2.58. The van der Waals surface area contributed by atoms with Crippen LogP contribution in [0.25, 0.3) is 0 Å². The number of nitrogens with one attached hydrogen (secondary N) is 1. The fourth-order valence-corrected chi connectivity index (χ4v) is 4.56. The quantitative estimate of drug-likeness (QED) is 0.791. The van der Waals surface area contributed by atoms with Gasteiger partial charge in [0.2, 0.25) is 10.0 Å². The van der Waals surface area contributed by atoms with E-state index < -0.39 is 10.0 Å². The molecule has 1 amide bonds. The molecule has 0 atom stereocenters. The van der Waals surface area contributed by atoms with Crippen molar-refractivity contribution in [2.24, 2.45) is 0 Å². The van der Waals surface area contributed by atoms with Crippen molar-refractivity contribution in [3.05, 3.63) is 59.2 Å². The molecule has 0 saturated carbocycles. The molecule has 0 aromatic heterocycles. The predicted molar refractivity (Wildman–Crippen MR) is 103 cm³/mol. The lowest BCUT2D eigenvalue weighted by molar-refractivity contribution is 0.0951. The van der Waals surface area contributed by atoms with E-state index in [9.17, 15) is 13.2 Å². The van der Waals surface area contributed by atoms with E-state index in [0.29, 0.717) is 31.8 Å². The van der Waals surface area contributed by atoms with E-state index in [4.69, 9.17) is 4.74 Å². The van der Waals surface area contributed by atoms with E-state index in [1.165, 1.54) is 4.31 Å². The second kappa shape index (κ2) is 8.10. The van der Waals surface area contributed by atoms with Gasteiger partial charge >= 0.3 is 0 Å². The summed E-state index contributed by atoms with van der Waals surface area (Å²) in [5, 5.41) is 2.87. The van der Waals surface area contributed by atoms with E-state index in [2.05, 4.69) is 5.32 Å². The molecule has 1 aliphatic rings. The molecule has 1 aliphatic heterocycles. The van der Waals surface area contributed by atoms with Gasteiger partial charge in [0.1, 0.15) is 5.75 Å². The first-order valence-corrected chi connectivity index (χ1v) is 10.5. The van der Waals surface area contributed by atoms with E-state index in [-0.39, 0.29) is 10.8 Å². The Labute approximate surface area is 160 Å². The SMILES string of the molecule is CCN(CC)S(=O)(=O)c1ccc(CNC(=O)c2ccc3c(c2)CCO3)cc1. The van der Waals surface area contributed by atoms with Crippen molar-refractivity contribution < 1.29 is 17.9 Å². The largest absolute Gasteiger partial charge is 0.493 e. The third-order valence-corrected chi connectivity index (χ3v) is 6.74. The van der Waals surface area contributed by atoms with E-state index >= 15 is 0 Å². The van der Waals surface area contributed by atoms with E-state index in [0.717, 1.165) is 23.3 Å². The van der Waals surface area contributed by atoms with Gasteiger partial charge in [-0.2, -0.15) is 4.31 Å². The molecule has 1 heterocycles. The third kappa shape index (κ3) is 4.14. The molecular formula is C20H24N2O4S. The molecule has 2 aromatic carbocycles. The lowest BCUT2D eigenvalue weighted by Crippen LogP contribution is -2.30. The molecule has 27 heavy (non-hydrogen) atoms. The summed E-state index contributed by atoms with van der Waals surface area (Å²) in [5.74, 6) is 0.682. The van der Waals surface area contributed by atoms with Crippen LogP contribution in [-0.4, -0.2) is 38.3 Å². The number of rotatable bonds is 7. The summed E-state index contributed by atoms with van der Waals surface area (Å²) in [6.45, 7) is 5.48. The van der Waals surface area contributed by atoms with Crippen LogP contribution in [0.4, 0.5) is 0 Å². The zero-order chi connectivity index (χ0) is 19.4. The molecular weight excluding hydrogens is 364 g/mol. The second-order valence-corrected chi connectivity index (χ2v) is 8.27. The highest BCUT2D eigenvalue weighted by Crippen LogP contribution is 2.25. The molecule has 7 heteroatoms. The highest BCUT2D eigenvalue weighted by atomic mass is 32.2. The Hall–Kier alpha value is -2.38. The average molecular weight is 388 g/mol. The first-order valence-electron chi connectivity index (χ1n) is 9.08. The van der Waals surface area contributed by atoms with Crippen LogP contribution in [0.2, 0.25) is 0 Å². The Morgan fingerprint density at radius 1 is 1.11 bits per heavy atom. The molecule has 0 fully saturated rings. The van der Waals surface area contributed by atoms with Crippen molar-refractivity contribution in [3.63, 3.8) is 0 Å². The van der Waals surface area contributed by atoms with Gasteiger partial charge in [-0.3, -0.25) is 4.79 Å². The number of benzene rings is 2. The summed E-state index contributed by atoms with van der Waals surface area (Å²) in [4.78, 5) is 12.6. The molecule has 0 aliphatic carbocycles. The van der Waals surface area contributed by atoms with Gasteiger partial charge in [-0.25, -0.2) is 8.42 Å². The van der Waals surface area contributed by atoms with Gasteiger partial charge in [-0.05, 0) is 41.5 Å². The average Bonchev–Trinajstić information content (AvgIpc) is 3.15. The van der Waals surface area contributed by atoms with Crippen LogP contribution in [0.15, 0.2) is 47.4 Å². The van der Waals surface area contributed by atoms with Crippen molar-refractivity contribution in [2.45, 2.75) is 31.7 Å². The topological polar surface area (TPSA) is 75.7 Å². The lowest BCUT2D eigenvalue weighted by atomic mass is 10.1. The fraction of sp³-hybridized carbons (Fsp3) is 0.350. The van der Waals surface area contributed by atoms with Crippen LogP contribution < -0.4 is 10.1 Å². The number of carbonyl (C=O) groups is 1. The monoisotopic (exact) mass is 388 g/mol. The van der Waals surface area contributed by atoms with Crippen LogP contribution in [0.5, 0.6) is 5.75 Å². The Bertz CT molecular complexity index is 919. The molecule has 144 valence electrons. The van der Waals surface area contributed by atoms with Crippen LogP contribution in [0.1, 0.15) is 35.3 Å². The Morgan fingerprint density at radius 3 is 2.48 bits per heavy atom. The molecule has 3 rings (SSSR count). The number of hydrogen-bond acceptors (Lipinski definition) is 4. The van der Waals surface area contributed by atoms with Gasteiger partial charge < -0.3 is 10.1 Å². The van der Waals surface area contributed by atoms with E-state index in [1.54, 1.807) is 30.3 Å². The van der Waals surface area contributed by atoms with Crippen LogP contribution in [0.3, 0.4) is 0 Å². The van der Waals surface area contributed by atoms with E-state index in [1.807, 2.05) is 26.0 Å². The lowest BCUT2D eigenvalue weighted by Gasteiger charge is -2.18. The Balaban J connectivity index is 1.64. The molecule has 0 bridgehead atoms. The van der Waals surface area contributed by atoms with Gasteiger partial charge in [-0.15, -0.1) is 0 Å². The molecule has 2 aromatic rings. The van der Waals surface area contributed by atoms with Crippen molar-refractivity contribution in [2.75, 3.05) is 19.7 Å². The van der Waals surface area contributed by atoms with Crippen LogP contribution >= 0.6 is 0 Å². The second-order valence-electron chi connectivity index (χ2n) is 6.34. The summed E-state index contributed by atoms with van der Waals surface area (Å²) >= 11 is 0. The molecule has 0 spiro atoms. The maximum absolute atomic E-state index is 12.5. The normalized spacial score (nSPS) is 13.3.